The molecule has 0 atom stereocenters. The van der Waals surface area contributed by atoms with Gasteiger partial charge in [0.1, 0.15) is 0 Å². The van der Waals surface area contributed by atoms with Crippen molar-refractivity contribution in [3.05, 3.63) is 39.4 Å². The summed E-state index contributed by atoms with van der Waals surface area (Å²) in [6, 6.07) is 0. The number of hydrogen-bond acceptors (Lipinski definition) is 6. The third kappa shape index (κ3) is 406. The first-order chi connectivity index (χ1) is 6.00. The smallest absolute Gasteiger partial charge is 0.512 e. The van der Waals surface area contributed by atoms with Gasteiger partial charge in [-0.25, -0.2) is 0 Å². The Morgan fingerprint density at radius 2 is 0.353 bits per heavy atom. The molecule has 0 spiro atoms. The summed E-state index contributed by atoms with van der Waals surface area (Å²) >= 11 is 0. The van der Waals surface area contributed by atoms with Gasteiger partial charge in [-0.15, -0.1) is 0 Å². The van der Waals surface area contributed by atoms with Gasteiger partial charge in [-0.1, -0.05) is 0 Å². The van der Waals surface area contributed by atoms with E-state index in [4.69, 9.17) is 71.0 Å². The van der Waals surface area contributed by atoms with Gasteiger partial charge in [0, 0.05) is 120 Å². The molecule has 0 fully saturated rings. The molecule has 0 aliphatic carbocycles. The van der Waals surface area contributed by atoms with Crippen LogP contribution in [-0.2, 0) is 16.8 Å². The number of rotatable bonds is 0. The Labute approximate surface area is 284 Å². The molecule has 3 radical (unpaired) electrons. The van der Waals surface area contributed by atoms with Crippen LogP contribution in [0.15, 0.2) is 0 Å². The van der Waals surface area contributed by atoms with E-state index in [0.29, 0.717) is 0 Å². The van der Waals surface area contributed by atoms with Gasteiger partial charge in [-0.05, 0) is 0 Å². The Morgan fingerprint density at radius 1 is 0.353 bits per heavy atom. The van der Waals surface area contributed by atoms with Crippen LogP contribution in [0, 0.1) is 71.0 Å². The van der Waals surface area contributed by atoms with Crippen LogP contribution in [0.3, 0.4) is 0 Å². The van der Waals surface area contributed by atoms with Crippen LogP contribution in [0.5, 0.6) is 0 Å². The van der Waals surface area contributed by atoms with Crippen LogP contribution in [0.4, 0.5) is 0 Å². The van der Waals surface area contributed by atoms with E-state index >= 15 is 0 Å². The third-order valence-electron chi connectivity index (χ3n) is 0. The summed E-state index contributed by atoms with van der Waals surface area (Å²) < 4.78 is 0. The quantitative estimate of drug-likeness (QED) is 0.306. The van der Waals surface area contributed by atoms with Crippen LogP contribution in [0.1, 0.15) is 0 Å². The van der Waals surface area contributed by atoms with Gasteiger partial charge >= 0.3 is 103 Å². The fraction of sp³-hybridized carbons (Fsp3) is 0. The molecule has 17 heavy (non-hydrogen) atoms. The van der Waals surface area contributed by atoms with Crippen molar-refractivity contribution in [1.29, 1.82) is 31.6 Å². The molecular formula is C6CoK4N6-4. The Morgan fingerprint density at radius 3 is 0.353 bits per heavy atom. The normalized spacial score (nSPS) is 0.706. The maximum Gasteiger partial charge on any atom is 1.00 e. The average Bonchev–Trinajstić information content (AvgIpc) is 2.33. The second-order valence-corrected chi connectivity index (χ2v) is 0. The van der Waals surface area contributed by atoms with Crippen molar-refractivity contribution in [3.63, 3.8) is 0 Å². The van der Waals surface area contributed by atoms with Crippen LogP contribution in [-0.4, -0.2) is 103 Å². The second kappa shape index (κ2) is 453. The van der Waals surface area contributed by atoms with E-state index in [1.165, 1.54) is 0 Å². The maximum absolute atomic E-state index is 6.25. The summed E-state index contributed by atoms with van der Waals surface area (Å²) in [7, 11) is 0. The van der Waals surface area contributed by atoms with Crippen molar-refractivity contribution in [1.82, 2.24) is 0 Å². The number of nitrogens with zero attached hydrogens (tertiary/aromatic N) is 6. The Balaban J connectivity index is -0.00000000267. The number of hydrogen-bond donors (Lipinski definition) is 0. The summed E-state index contributed by atoms with van der Waals surface area (Å²) in [5, 5.41) is 37.5. The maximum atomic E-state index is 6.25. The van der Waals surface area contributed by atoms with Crippen LogP contribution >= 0.6 is 0 Å². The summed E-state index contributed by atoms with van der Waals surface area (Å²) in [6.45, 7) is 28.5. The zero-order valence-electron chi connectivity index (χ0n) is 10.0. The second-order valence-electron chi connectivity index (χ2n) is 0. The minimum Gasteiger partial charge on any atom is -0.512 e. The molecule has 0 saturated carbocycles. The molecule has 0 aromatic carbocycles. The van der Waals surface area contributed by atoms with Crippen LogP contribution < -0.4 is 103 Å². The molecule has 11 heteroatoms. The molecule has 0 unspecified atom stereocenters. The topological polar surface area (TPSA) is 143 Å². The molecule has 0 aromatic rings. The summed E-state index contributed by atoms with van der Waals surface area (Å²) in [5.41, 5.74) is 0. The van der Waals surface area contributed by atoms with Gasteiger partial charge in [0.2, 0.25) is 0 Å². The molecule has 6 nitrogen and oxygen atoms in total. The molecular weight excluding hydrogens is 371 g/mol. The molecule has 0 saturated heterocycles. The van der Waals surface area contributed by atoms with E-state index in [9.17, 15) is 0 Å². The predicted octanol–water partition coefficient (Wildman–Crippen LogP) is -6.18. The molecule has 0 bridgehead atoms. The Bertz CT molecular complexity index is 106. The molecule has 0 aromatic heterocycles. The third-order valence-corrected chi connectivity index (χ3v) is 0. The van der Waals surface area contributed by atoms with Gasteiger partial charge in [-0.3, -0.25) is 0 Å². The summed E-state index contributed by atoms with van der Waals surface area (Å²) in [5.74, 6) is 0. The predicted molar refractivity (Wildman–Crippen MR) is 41.3 cm³/mol. The van der Waals surface area contributed by atoms with Crippen molar-refractivity contribution in [2.45, 2.75) is 0 Å². The van der Waals surface area contributed by atoms with E-state index in [1.54, 1.807) is 0 Å². The zero-order chi connectivity index (χ0) is 12.0. The van der Waals surface area contributed by atoms with Crippen molar-refractivity contribution < 1.29 is 120 Å². The van der Waals surface area contributed by atoms with Crippen molar-refractivity contribution in [2.75, 3.05) is 0 Å². The van der Waals surface area contributed by atoms with Crippen molar-refractivity contribution >= 4 is 103 Å². The molecule has 71 valence electrons. The summed E-state index contributed by atoms with van der Waals surface area (Å²) in [6.07, 6.45) is 0. The van der Waals surface area contributed by atoms with E-state index in [1.807, 2.05) is 0 Å². The molecule has 0 heterocycles. The molecule has 0 amide bonds. The molecule has 0 N–H and O–H groups in total. The van der Waals surface area contributed by atoms with Crippen LogP contribution in [0.2, 0.25) is 0 Å². The first-order valence-electron chi connectivity index (χ1n) is 1.34. The Hall–Kier alpha value is 3.99. The minimum absolute atomic E-state index is 0. The monoisotopic (exact) mass is 371 g/mol. The Kier molecular flexibility index (Phi) is 2240. The van der Waals surface area contributed by atoms with Gasteiger partial charge in [0.05, 0.1) is 0 Å². The summed E-state index contributed by atoms with van der Waals surface area (Å²) in [4.78, 5) is 0. The van der Waals surface area contributed by atoms with Crippen LogP contribution in [0.25, 0.3) is 0 Å². The first-order valence-corrected chi connectivity index (χ1v) is 1.34. The van der Waals surface area contributed by atoms with E-state index in [-0.39, 0.29) is 222 Å². The van der Waals surface area contributed by atoms with E-state index in [2.05, 4.69) is 0 Å². The standard InChI is InChI=1S/6CN.Co.4K/c6*1-2;;;;;/q6*-1;;;;2*+1. The SMILES string of the molecule is [C-]#N.[C-]#N.[C-]#N.[C-]#N.[C-]#N.[C-]#N.[Co].[K+].[K+].[K].[K]. The zero-order valence-corrected chi connectivity index (χ0v) is 23.6. The fourth-order valence-electron chi connectivity index (χ4n) is 0. The molecule has 0 aliphatic rings. The first kappa shape index (κ1) is 84.0. The van der Waals surface area contributed by atoms with Crippen molar-refractivity contribution in [2.24, 2.45) is 0 Å². The van der Waals surface area contributed by atoms with Gasteiger partial charge in [0.25, 0.3) is 0 Å². The average molecular weight is 371 g/mol. The van der Waals surface area contributed by atoms with Crippen molar-refractivity contribution in [3.8, 4) is 0 Å². The fourth-order valence-corrected chi connectivity index (χ4v) is 0. The van der Waals surface area contributed by atoms with Gasteiger partial charge in [0.15, 0.2) is 0 Å². The minimum atomic E-state index is 0. The molecule has 0 aliphatic heterocycles. The van der Waals surface area contributed by atoms with Gasteiger partial charge < -0.3 is 71.0 Å². The van der Waals surface area contributed by atoms with Gasteiger partial charge in [-0.2, -0.15) is 0 Å². The molecule has 0 rings (SSSR count). The largest absolute Gasteiger partial charge is 1.00 e. The van der Waals surface area contributed by atoms with E-state index < -0.39 is 0 Å². The van der Waals surface area contributed by atoms with E-state index in [0.717, 1.165) is 0 Å².